The number of benzene rings is 2. The van der Waals surface area contributed by atoms with Gasteiger partial charge in [-0.1, -0.05) is 46.7 Å². The number of nitrogens with one attached hydrogen (secondary N) is 2. The molecule has 0 saturated carbocycles. The number of ether oxygens (including phenoxy) is 1. The first-order chi connectivity index (χ1) is 15.0. The highest BCUT2D eigenvalue weighted by Gasteiger charge is 2.37. The third-order valence-corrected chi connectivity index (χ3v) is 7.77. The van der Waals surface area contributed by atoms with Crippen LogP contribution >= 0.6 is 11.3 Å². The zero-order valence-electron chi connectivity index (χ0n) is 18.2. The smallest absolute Gasteiger partial charge is 0.270 e. The van der Waals surface area contributed by atoms with E-state index >= 15 is 0 Å². The number of amides is 1. The minimum atomic E-state index is -3.96. The van der Waals surface area contributed by atoms with Crippen molar-refractivity contribution < 1.29 is 17.9 Å². The number of hydrogen-bond acceptors (Lipinski definition) is 7. The Balaban J connectivity index is 1.54. The van der Waals surface area contributed by atoms with E-state index in [1.807, 2.05) is 58.0 Å². The summed E-state index contributed by atoms with van der Waals surface area (Å²) >= 11 is 0.803. The van der Waals surface area contributed by atoms with Gasteiger partial charge in [-0.05, 0) is 45.9 Å². The van der Waals surface area contributed by atoms with E-state index in [1.54, 1.807) is 12.1 Å². The number of hydrogen-bond donors (Lipinski definition) is 2. The maximum absolute atomic E-state index is 13.1. The van der Waals surface area contributed by atoms with Crippen LogP contribution in [0.2, 0.25) is 0 Å². The van der Waals surface area contributed by atoms with Gasteiger partial charge in [-0.2, -0.15) is 0 Å². The molecule has 4 rings (SSSR count). The van der Waals surface area contributed by atoms with Crippen LogP contribution in [0.15, 0.2) is 46.8 Å². The van der Waals surface area contributed by atoms with Gasteiger partial charge in [0.25, 0.3) is 15.9 Å². The van der Waals surface area contributed by atoms with Crippen LogP contribution in [0.25, 0.3) is 0 Å². The van der Waals surface area contributed by atoms with E-state index in [0.29, 0.717) is 17.7 Å². The lowest BCUT2D eigenvalue weighted by atomic mass is 9.89. The van der Waals surface area contributed by atoms with Crippen LogP contribution in [0.4, 0.5) is 5.13 Å². The van der Waals surface area contributed by atoms with E-state index in [2.05, 4.69) is 20.2 Å². The minimum absolute atomic E-state index is 0.111. The summed E-state index contributed by atoms with van der Waals surface area (Å²) in [6.07, 6.45) is 0.457. The summed E-state index contributed by atoms with van der Waals surface area (Å²) in [5.41, 5.74) is 2.73. The zero-order chi connectivity index (χ0) is 23.1. The van der Waals surface area contributed by atoms with Gasteiger partial charge in [0.1, 0.15) is 11.4 Å². The lowest BCUT2D eigenvalue weighted by Gasteiger charge is -2.37. The van der Waals surface area contributed by atoms with Crippen molar-refractivity contribution in [3.8, 4) is 5.75 Å². The van der Waals surface area contributed by atoms with Gasteiger partial charge in [0.2, 0.25) is 9.47 Å². The summed E-state index contributed by atoms with van der Waals surface area (Å²) in [6, 6.07) is 12.3. The number of carbonyl (C=O) groups excluding carboxylic acids is 1. The molecule has 1 amide bonds. The Morgan fingerprint density at radius 1 is 1.09 bits per heavy atom. The predicted octanol–water partition coefficient (Wildman–Crippen LogP) is 3.99. The van der Waals surface area contributed by atoms with E-state index in [1.165, 1.54) is 0 Å². The number of fused-ring (bicyclic) bond motifs is 1. The van der Waals surface area contributed by atoms with Gasteiger partial charge < -0.3 is 4.74 Å². The highest BCUT2D eigenvalue weighted by molar-refractivity contribution is 7.91. The van der Waals surface area contributed by atoms with Crippen LogP contribution in [0, 0.1) is 13.8 Å². The number of carbonyl (C=O) groups is 1. The number of rotatable bonds is 5. The molecule has 10 heteroatoms. The average Bonchev–Trinajstić information content (AvgIpc) is 3.18. The Bertz CT molecular complexity index is 1270. The van der Waals surface area contributed by atoms with Gasteiger partial charge >= 0.3 is 0 Å². The van der Waals surface area contributed by atoms with Crippen LogP contribution in [0.5, 0.6) is 5.75 Å². The summed E-state index contributed by atoms with van der Waals surface area (Å²) in [5, 5.41) is 10.3. The monoisotopic (exact) mass is 472 g/mol. The fourth-order valence-corrected chi connectivity index (χ4v) is 5.69. The summed E-state index contributed by atoms with van der Waals surface area (Å²) in [7, 11) is -3.96. The Hall–Kier alpha value is -2.82. The number of sulfonamides is 1. The van der Waals surface area contributed by atoms with Crippen molar-refractivity contribution >= 4 is 32.4 Å². The van der Waals surface area contributed by atoms with Gasteiger partial charge in [-0.3, -0.25) is 10.1 Å². The largest absolute Gasteiger partial charge is 0.487 e. The molecule has 168 valence electrons. The topological polar surface area (TPSA) is 110 Å². The molecule has 1 aromatic heterocycles. The van der Waals surface area contributed by atoms with Crippen molar-refractivity contribution in [2.75, 3.05) is 5.32 Å². The summed E-state index contributed by atoms with van der Waals surface area (Å²) in [5.74, 6) is 0.275. The predicted molar refractivity (Wildman–Crippen MR) is 123 cm³/mol. The second kappa shape index (κ2) is 8.27. The van der Waals surface area contributed by atoms with E-state index in [0.717, 1.165) is 28.0 Å². The van der Waals surface area contributed by atoms with Crippen LogP contribution in [-0.2, 0) is 10.0 Å². The van der Waals surface area contributed by atoms with E-state index < -0.39 is 21.7 Å². The van der Waals surface area contributed by atoms with Crippen LogP contribution in [-0.4, -0.2) is 30.1 Å². The van der Waals surface area contributed by atoms with Crippen LogP contribution < -0.4 is 14.8 Å². The molecule has 3 aromatic rings. The molecule has 2 aromatic carbocycles. The second-order valence-electron chi connectivity index (χ2n) is 8.47. The molecule has 1 aliphatic rings. The lowest BCUT2D eigenvalue weighted by Crippen LogP contribution is -2.41. The molecule has 1 unspecified atom stereocenters. The molecule has 32 heavy (non-hydrogen) atoms. The summed E-state index contributed by atoms with van der Waals surface area (Å²) < 4.78 is 34.7. The maximum atomic E-state index is 13.1. The molecular formula is C22H24N4O4S2. The SMILES string of the molecule is Cc1ccc(C(=O)Nc2nnc(S(=O)(=O)NC3CC(C)(C)Oc4ccc(C)cc43)s2)cc1. The minimum Gasteiger partial charge on any atom is -0.487 e. The van der Waals surface area contributed by atoms with Crippen molar-refractivity contribution in [2.45, 2.75) is 50.1 Å². The van der Waals surface area contributed by atoms with Gasteiger partial charge in [0.05, 0.1) is 6.04 Å². The van der Waals surface area contributed by atoms with Gasteiger partial charge in [-0.15, -0.1) is 10.2 Å². The molecule has 1 aliphatic heterocycles. The van der Waals surface area contributed by atoms with Crippen molar-refractivity contribution in [3.05, 3.63) is 64.7 Å². The average molecular weight is 473 g/mol. The van der Waals surface area contributed by atoms with E-state index in [4.69, 9.17) is 4.74 Å². The zero-order valence-corrected chi connectivity index (χ0v) is 19.8. The molecule has 2 N–H and O–H groups in total. The molecule has 0 radical (unpaired) electrons. The third kappa shape index (κ3) is 4.82. The highest BCUT2D eigenvalue weighted by Crippen LogP contribution is 2.40. The number of nitrogens with zero attached hydrogens (tertiary/aromatic N) is 2. The molecule has 0 saturated heterocycles. The second-order valence-corrected chi connectivity index (χ2v) is 11.3. The quantitative estimate of drug-likeness (QED) is 0.544. The fourth-order valence-electron chi connectivity index (χ4n) is 3.56. The first-order valence-corrected chi connectivity index (χ1v) is 12.4. The van der Waals surface area contributed by atoms with E-state index in [-0.39, 0.29) is 15.4 Å². The van der Waals surface area contributed by atoms with Crippen molar-refractivity contribution in [2.24, 2.45) is 0 Å². The molecule has 0 aliphatic carbocycles. The van der Waals surface area contributed by atoms with Crippen molar-refractivity contribution in [3.63, 3.8) is 0 Å². The third-order valence-electron chi connectivity index (χ3n) is 5.09. The molecule has 1 atom stereocenters. The van der Waals surface area contributed by atoms with Crippen molar-refractivity contribution in [1.82, 2.24) is 14.9 Å². The number of anilines is 1. The van der Waals surface area contributed by atoms with Crippen molar-refractivity contribution in [1.29, 1.82) is 0 Å². The Morgan fingerprint density at radius 3 is 2.50 bits per heavy atom. The van der Waals surface area contributed by atoms with Gasteiger partial charge in [-0.25, -0.2) is 13.1 Å². The van der Waals surface area contributed by atoms with Gasteiger partial charge in [0, 0.05) is 17.5 Å². The Labute approximate surface area is 191 Å². The highest BCUT2D eigenvalue weighted by atomic mass is 32.2. The molecule has 0 bridgehead atoms. The Kier molecular flexibility index (Phi) is 5.78. The lowest BCUT2D eigenvalue weighted by molar-refractivity contribution is 0.0701. The first kappa shape index (κ1) is 22.4. The summed E-state index contributed by atoms with van der Waals surface area (Å²) in [6.45, 7) is 7.71. The summed E-state index contributed by atoms with van der Waals surface area (Å²) in [4.78, 5) is 12.4. The van der Waals surface area contributed by atoms with Gasteiger partial charge in [0.15, 0.2) is 0 Å². The van der Waals surface area contributed by atoms with Crippen LogP contribution in [0.1, 0.15) is 53.4 Å². The maximum Gasteiger partial charge on any atom is 0.270 e. The standard InChI is InChI=1S/C22H24N4O4S2/c1-13-5-8-15(9-6-13)19(27)23-20-24-25-21(31-20)32(28,29)26-17-12-22(3,4)30-18-10-7-14(2)11-16(17)18/h5-11,17,26H,12H2,1-4H3,(H,23,24,27). The molecule has 0 fully saturated rings. The van der Waals surface area contributed by atoms with E-state index in [9.17, 15) is 13.2 Å². The first-order valence-electron chi connectivity index (χ1n) is 10.1. The fraction of sp³-hybridized carbons (Fsp3) is 0.318. The Morgan fingerprint density at radius 2 is 1.78 bits per heavy atom. The molecular weight excluding hydrogens is 448 g/mol. The molecule has 0 spiro atoms. The normalized spacial score (nSPS) is 17.3. The molecule has 8 nitrogen and oxygen atoms in total. The number of aryl methyl sites for hydroxylation is 2. The number of aromatic nitrogens is 2. The van der Waals surface area contributed by atoms with Crippen LogP contribution in [0.3, 0.4) is 0 Å². The molecule has 2 heterocycles.